The van der Waals surface area contributed by atoms with Gasteiger partial charge in [0.1, 0.15) is 0 Å². The zero-order valence-electron chi connectivity index (χ0n) is 10.7. The van der Waals surface area contributed by atoms with Gasteiger partial charge in [-0.25, -0.2) is 0 Å². The third-order valence-corrected chi connectivity index (χ3v) is 3.27. The first kappa shape index (κ1) is 14.0. The van der Waals surface area contributed by atoms with E-state index < -0.39 is 0 Å². The molecule has 0 bridgehead atoms. The molecule has 1 fully saturated rings. The lowest BCUT2D eigenvalue weighted by Crippen LogP contribution is -2.62. The molecule has 0 radical (unpaired) electrons. The molecule has 0 atom stereocenters. The Labute approximate surface area is 107 Å². The van der Waals surface area contributed by atoms with Crippen molar-refractivity contribution in [2.24, 2.45) is 0 Å². The van der Waals surface area contributed by atoms with Gasteiger partial charge in [-0.1, -0.05) is 15.9 Å². The molecule has 0 aliphatic carbocycles. The topological polar surface area (TPSA) is 41.1 Å². The molecule has 0 unspecified atom stereocenters. The zero-order chi connectivity index (χ0) is 12.4. The third kappa shape index (κ3) is 4.42. The molecule has 1 amide bonds. The first-order valence-electron chi connectivity index (χ1n) is 5.89. The molecule has 1 aliphatic rings. The number of alkyl halides is 1. The van der Waals surface area contributed by atoms with E-state index in [1.165, 1.54) is 0 Å². The van der Waals surface area contributed by atoms with E-state index in [0.717, 1.165) is 18.2 Å². The second-order valence-corrected chi connectivity index (χ2v) is 6.80. The van der Waals surface area contributed by atoms with Crippen LogP contribution in [0.25, 0.3) is 0 Å². The zero-order valence-corrected chi connectivity index (χ0v) is 12.3. The van der Waals surface area contributed by atoms with Gasteiger partial charge in [0.05, 0.1) is 0 Å². The van der Waals surface area contributed by atoms with Crippen LogP contribution in [0.4, 0.5) is 0 Å². The summed E-state index contributed by atoms with van der Waals surface area (Å²) in [6.45, 7) is 8.77. The predicted octanol–water partition coefficient (Wildman–Crippen LogP) is 2.20. The summed E-state index contributed by atoms with van der Waals surface area (Å²) in [5.74, 6) is 0.148. The number of amides is 1. The lowest BCUT2D eigenvalue weighted by Gasteiger charge is -2.46. The maximum absolute atomic E-state index is 11.6. The van der Waals surface area contributed by atoms with Crippen LogP contribution < -0.4 is 10.6 Å². The van der Waals surface area contributed by atoms with Crippen LogP contribution in [-0.2, 0) is 4.79 Å². The highest BCUT2D eigenvalue weighted by Crippen LogP contribution is 2.28. The number of hydrogen-bond acceptors (Lipinski definition) is 2. The summed E-state index contributed by atoms with van der Waals surface area (Å²) in [5, 5.41) is 7.46. The van der Waals surface area contributed by atoms with Crippen molar-refractivity contribution in [3.8, 4) is 0 Å². The van der Waals surface area contributed by atoms with Crippen molar-refractivity contribution in [1.29, 1.82) is 0 Å². The second-order valence-electron chi connectivity index (χ2n) is 6.00. The largest absolute Gasteiger partial charge is 0.353 e. The smallest absolute Gasteiger partial charge is 0.221 e. The molecule has 0 aromatic heterocycles. The molecule has 3 nitrogen and oxygen atoms in total. The van der Waals surface area contributed by atoms with E-state index in [0.29, 0.717) is 6.42 Å². The summed E-state index contributed by atoms with van der Waals surface area (Å²) in [6.07, 6.45) is 2.54. The quantitative estimate of drug-likeness (QED) is 0.783. The molecule has 0 aromatic rings. The lowest BCUT2D eigenvalue weighted by molar-refractivity contribution is -0.121. The van der Waals surface area contributed by atoms with Crippen molar-refractivity contribution >= 4 is 21.8 Å². The summed E-state index contributed by atoms with van der Waals surface area (Å²) in [4.78, 5) is 11.6. The average Bonchev–Trinajstić information content (AvgIpc) is 1.96. The molecule has 94 valence electrons. The second kappa shape index (κ2) is 5.05. The Balaban J connectivity index is 2.57. The minimum Gasteiger partial charge on any atom is -0.353 e. The minimum absolute atomic E-state index is 0.0914. The molecule has 1 aliphatic heterocycles. The summed E-state index contributed by atoms with van der Waals surface area (Å²) in [7, 11) is 0. The molecule has 0 spiro atoms. The average molecular weight is 291 g/mol. The van der Waals surface area contributed by atoms with Gasteiger partial charge in [0.15, 0.2) is 0 Å². The van der Waals surface area contributed by atoms with Gasteiger partial charge in [0, 0.05) is 28.9 Å². The molecular weight excluding hydrogens is 268 g/mol. The highest BCUT2D eigenvalue weighted by atomic mass is 79.9. The fourth-order valence-corrected chi connectivity index (χ4v) is 3.17. The van der Waals surface area contributed by atoms with Crippen LogP contribution in [0.15, 0.2) is 0 Å². The van der Waals surface area contributed by atoms with Crippen molar-refractivity contribution < 1.29 is 4.79 Å². The molecule has 4 heteroatoms. The Morgan fingerprint density at radius 1 is 1.31 bits per heavy atom. The highest BCUT2D eigenvalue weighted by molar-refractivity contribution is 9.09. The van der Waals surface area contributed by atoms with E-state index in [9.17, 15) is 4.79 Å². The van der Waals surface area contributed by atoms with E-state index >= 15 is 0 Å². The van der Waals surface area contributed by atoms with E-state index in [2.05, 4.69) is 54.3 Å². The Morgan fingerprint density at radius 2 is 1.81 bits per heavy atom. The van der Waals surface area contributed by atoms with Crippen molar-refractivity contribution in [1.82, 2.24) is 10.6 Å². The summed E-state index contributed by atoms with van der Waals surface area (Å²) in [5.41, 5.74) is 0.183. The van der Waals surface area contributed by atoms with Gasteiger partial charge in [0.2, 0.25) is 5.91 Å². The van der Waals surface area contributed by atoms with Crippen LogP contribution in [0.2, 0.25) is 0 Å². The predicted molar refractivity (Wildman–Crippen MR) is 70.9 cm³/mol. The van der Waals surface area contributed by atoms with Gasteiger partial charge in [-0.3, -0.25) is 4.79 Å². The number of halogens is 1. The number of hydrogen-bond donors (Lipinski definition) is 2. The standard InChI is InChI=1S/C12H23BrN2O/c1-11(2)7-9(8-12(3,4)15-11)14-10(16)5-6-13/h9,15H,5-8H2,1-4H3,(H,14,16). The van der Waals surface area contributed by atoms with Crippen LogP contribution in [-0.4, -0.2) is 28.4 Å². The fraction of sp³-hybridized carbons (Fsp3) is 0.917. The molecule has 1 heterocycles. The van der Waals surface area contributed by atoms with Gasteiger partial charge >= 0.3 is 0 Å². The Morgan fingerprint density at radius 3 is 2.25 bits per heavy atom. The van der Waals surface area contributed by atoms with Crippen molar-refractivity contribution in [3.05, 3.63) is 0 Å². The van der Waals surface area contributed by atoms with Crippen molar-refractivity contribution in [3.63, 3.8) is 0 Å². The Hall–Kier alpha value is -0.0900. The molecule has 2 N–H and O–H groups in total. The summed E-state index contributed by atoms with van der Waals surface area (Å²) < 4.78 is 0. The first-order chi connectivity index (χ1) is 7.24. The SMILES string of the molecule is CC1(C)CC(NC(=O)CCBr)CC(C)(C)N1. The maximum Gasteiger partial charge on any atom is 0.221 e. The Bertz CT molecular complexity index is 248. The molecule has 16 heavy (non-hydrogen) atoms. The van der Waals surface area contributed by atoms with Crippen molar-refractivity contribution in [2.45, 2.75) is 64.1 Å². The molecule has 0 saturated carbocycles. The van der Waals surface area contributed by atoms with E-state index in [1.54, 1.807) is 0 Å². The summed E-state index contributed by atoms with van der Waals surface area (Å²) >= 11 is 3.29. The molecule has 1 rings (SSSR count). The third-order valence-electron chi connectivity index (χ3n) is 2.88. The van der Waals surface area contributed by atoms with Crippen LogP contribution in [0.3, 0.4) is 0 Å². The van der Waals surface area contributed by atoms with Crippen LogP contribution in [0.5, 0.6) is 0 Å². The highest BCUT2D eigenvalue weighted by Gasteiger charge is 2.37. The Kier molecular flexibility index (Phi) is 4.41. The van der Waals surface area contributed by atoms with E-state index in [-0.39, 0.29) is 23.0 Å². The summed E-state index contributed by atoms with van der Waals surface area (Å²) in [6, 6.07) is 0.290. The number of piperidine rings is 1. The van der Waals surface area contributed by atoms with Crippen molar-refractivity contribution in [2.75, 3.05) is 5.33 Å². The van der Waals surface area contributed by atoms with Gasteiger partial charge in [-0.05, 0) is 40.5 Å². The number of carbonyl (C=O) groups is 1. The fourth-order valence-electron chi connectivity index (χ4n) is 2.81. The van der Waals surface area contributed by atoms with E-state index in [1.807, 2.05) is 0 Å². The van der Waals surface area contributed by atoms with Crippen LogP contribution >= 0.6 is 15.9 Å². The van der Waals surface area contributed by atoms with Gasteiger partial charge in [-0.2, -0.15) is 0 Å². The number of rotatable bonds is 3. The maximum atomic E-state index is 11.6. The molecular formula is C12H23BrN2O. The van der Waals surface area contributed by atoms with E-state index in [4.69, 9.17) is 0 Å². The number of nitrogens with one attached hydrogen (secondary N) is 2. The van der Waals surface area contributed by atoms with Gasteiger partial charge in [-0.15, -0.1) is 0 Å². The molecule has 0 aromatic carbocycles. The monoisotopic (exact) mass is 290 g/mol. The lowest BCUT2D eigenvalue weighted by atomic mass is 9.79. The van der Waals surface area contributed by atoms with Crippen LogP contribution in [0.1, 0.15) is 47.0 Å². The van der Waals surface area contributed by atoms with Gasteiger partial charge < -0.3 is 10.6 Å². The molecule has 1 saturated heterocycles. The number of carbonyl (C=O) groups excluding carboxylic acids is 1. The minimum atomic E-state index is 0.0914. The van der Waals surface area contributed by atoms with Gasteiger partial charge in [0.25, 0.3) is 0 Å². The normalized spacial score (nSPS) is 24.1. The first-order valence-corrected chi connectivity index (χ1v) is 7.01. The van der Waals surface area contributed by atoms with Crippen LogP contribution in [0, 0.1) is 0 Å².